The van der Waals surface area contributed by atoms with Gasteiger partial charge in [0.1, 0.15) is 5.75 Å². The normalized spacial score (nSPS) is 13.7. The molecule has 6 heteroatoms. The van der Waals surface area contributed by atoms with Gasteiger partial charge in [-0.05, 0) is 48.9 Å². The van der Waals surface area contributed by atoms with E-state index in [-0.39, 0.29) is 5.91 Å². The van der Waals surface area contributed by atoms with Crippen molar-refractivity contribution in [3.63, 3.8) is 0 Å². The van der Waals surface area contributed by atoms with E-state index < -0.39 is 0 Å². The Morgan fingerprint density at radius 3 is 2.80 bits per heavy atom. The Hall–Kier alpha value is -1.98. The van der Waals surface area contributed by atoms with Crippen LogP contribution in [0.2, 0.25) is 5.02 Å². The molecule has 0 fully saturated rings. The van der Waals surface area contributed by atoms with Crippen molar-refractivity contribution in [2.24, 2.45) is 4.99 Å². The van der Waals surface area contributed by atoms with Crippen LogP contribution in [0.25, 0.3) is 0 Å². The van der Waals surface area contributed by atoms with Gasteiger partial charge in [0.05, 0.1) is 13.2 Å². The van der Waals surface area contributed by atoms with Gasteiger partial charge in [-0.3, -0.25) is 14.7 Å². The standard InChI is InChI=1S/C19H19ClN2O2S/c1-2-24-17-8-6-15(7-9-17)18(23)22-11-10-21-19(22)25-13-14-4-3-5-16(20)12-14/h3-9,12H,2,10-11,13H2,1H3. The first-order valence-electron chi connectivity index (χ1n) is 8.14. The van der Waals surface area contributed by atoms with Gasteiger partial charge in [-0.2, -0.15) is 0 Å². The number of benzene rings is 2. The summed E-state index contributed by atoms with van der Waals surface area (Å²) in [5.74, 6) is 1.47. The smallest absolute Gasteiger partial charge is 0.259 e. The number of halogens is 1. The molecule has 0 N–H and O–H groups in total. The lowest BCUT2D eigenvalue weighted by Gasteiger charge is -2.18. The molecule has 2 aromatic rings. The van der Waals surface area contributed by atoms with Gasteiger partial charge < -0.3 is 4.74 Å². The molecule has 1 amide bonds. The van der Waals surface area contributed by atoms with E-state index in [9.17, 15) is 4.79 Å². The zero-order valence-electron chi connectivity index (χ0n) is 13.9. The molecule has 130 valence electrons. The molecule has 0 atom stereocenters. The Morgan fingerprint density at radius 2 is 2.08 bits per heavy atom. The highest BCUT2D eigenvalue weighted by Gasteiger charge is 2.25. The van der Waals surface area contributed by atoms with Crippen LogP contribution in [0.3, 0.4) is 0 Å². The third-order valence-corrected chi connectivity index (χ3v) is 5.04. The molecular weight excluding hydrogens is 356 g/mol. The van der Waals surface area contributed by atoms with Crippen molar-refractivity contribution < 1.29 is 9.53 Å². The highest BCUT2D eigenvalue weighted by molar-refractivity contribution is 8.13. The predicted octanol–water partition coefficient (Wildman–Crippen LogP) is 4.48. The largest absolute Gasteiger partial charge is 0.494 e. The number of rotatable bonds is 5. The number of aliphatic imine (C=N–C) groups is 1. The van der Waals surface area contributed by atoms with E-state index in [1.54, 1.807) is 28.8 Å². The van der Waals surface area contributed by atoms with E-state index in [1.165, 1.54) is 0 Å². The SMILES string of the molecule is CCOc1ccc(C(=O)N2CCN=C2SCc2cccc(Cl)c2)cc1. The van der Waals surface area contributed by atoms with Gasteiger partial charge >= 0.3 is 0 Å². The van der Waals surface area contributed by atoms with Crippen LogP contribution in [0, 0.1) is 0 Å². The molecule has 0 aromatic heterocycles. The van der Waals surface area contributed by atoms with E-state index >= 15 is 0 Å². The molecule has 0 spiro atoms. The Kier molecular flexibility index (Phi) is 6.00. The van der Waals surface area contributed by atoms with Crippen LogP contribution >= 0.6 is 23.4 Å². The van der Waals surface area contributed by atoms with E-state index in [2.05, 4.69) is 4.99 Å². The first kappa shape index (κ1) is 17.8. The lowest BCUT2D eigenvalue weighted by Crippen LogP contribution is -2.32. The fourth-order valence-corrected chi connectivity index (χ4v) is 3.73. The predicted molar refractivity (Wildman–Crippen MR) is 104 cm³/mol. The third kappa shape index (κ3) is 4.55. The Morgan fingerprint density at radius 1 is 1.28 bits per heavy atom. The summed E-state index contributed by atoms with van der Waals surface area (Å²) in [4.78, 5) is 19.0. The molecule has 4 nitrogen and oxygen atoms in total. The number of hydrogen-bond donors (Lipinski definition) is 0. The minimum absolute atomic E-state index is 0.0297. The van der Waals surface area contributed by atoms with Crippen LogP contribution in [0.15, 0.2) is 53.5 Å². The minimum atomic E-state index is -0.0297. The number of carbonyl (C=O) groups excluding carboxylic acids is 1. The second kappa shape index (κ2) is 8.41. The number of thioether (sulfide) groups is 1. The van der Waals surface area contributed by atoms with Crippen molar-refractivity contribution >= 4 is 34.4 Å². The number of amides is 1. The lowest BCUT2D eigenvalue weighted by molar-refractivity contribution is 0.0860. The van der Waals surface area contributed by atoms with E-state index in [0.29, 0.717) is 30.3 Å². The van der Waals surface area contributed by atoms with Crippen LogP contribution in [0.4, 0.5) is 0 Å². The molecule has 25 heavy (non-hydrogen) atoms. The van der Waals surface area contributed by atoms with Crippen molar-refractivity contribution in [1.82, 2.24) is 4.90 Å². The first-order chi connectivity index (χ1) is 12.2. The van der Waals surface area contributed by atoms with Crippen LogP contribution in [0.5, 0.6) is 5.75 Å². The summed E-state index contributed by atoms with van der Waals surface area (Å²) >= 11 is 7.58. The average Bonchev–Trinajstić information content (AvgIpc) is 3.09. The second-order valence-corrected chi connectivity index (χ2v) is 6.88. The summed E-state index contributed by atoms with van der Waals surface area (Å²) < 4.78 is 5.42. The monoisotopic (exact) mass is 374 g/mol. The van der Waals surface area contributed by atoms with Crippen molar-refractivity contribution in [2.45, 2.75) is 12.7 Å². The van der Waals surface area contributed by atoms with E-state index in [0.717, 1.165) is 22.2 Å². The molecule has 1 heterocycles. The molecule has 0 radical (unpaired) electrons. The Bertz CT molecular complexity index is 777. The molecular formula is C19H19ClN2O2S. The van der Waals surface area contributed by atoms with Gasteiger partial charge in [0.15, 0.2) is 5.17 Å². The van der Waals surface area contributed by atoms with Gasteiger partial charge in [-0.1, -0.05) is 35.5 Å². The van der Waals surface area contributed by atoms with Crippen LogP contribution in [-0.2, 0) is 5.75 Å². The Balaban J connectivity index is 1.65. The van der Waals surface area contributed by atoms with Crippen molar-refractivity contribution in [1.29, 1.82) is 0 Å². The molecule has 2 aromatic carbocycles. The maximum absolute atomic E-state index is 12.8. The van der Waals surface area contributed by atoms with Gasteiger partial charge in [0.25, 0.3) is 5.91 Å². The summed E-state index contributed by atoms with van der Waals surface area (Å²) in [7, 11) is 0. The number of ether oxygens (including phenoxy) is 1. The molecule has 0 aliphatic carbocycles. The quantitative estimate of drug-likeness (QED) is 0.774. The number of hydrogen-bond acceptors (Lipinski definition) is 4. The fourth-order valence-electron chi connectivity index (χ4n) is 2.53. The fraction of sp³-hybridized carbons (Fsp3) is 0.263. The summed E-state index contributed by atoms with van der Waals surface area (Å²) in [6.07, 6.45) is 0. The second-order valence-electron chi connectivity index (χ2n) is 5.50. The van der Waals surface area contributed by atoms with Crippen molar-refractivity contribution in [3.8, 4) is 5.75 Å². The molecule has 0 saturated heterocycles. The number of nitrogens with zero attached hydrogens (tertiary/aromatic N) is 2. The van der Waals surface area contributed by atoms with Crippen molar-refractivity contribution in [3.05, 3.63) is 64.7 Å². The van der Waals surface area contributed by atoms with E-state index in [4.69, 9.17) is 16.3 Å². The van der Waals surface area contributed by atoms with Gasteiger partial charge in [0.2, 0.25) is 0 Å². The van der Waals surface area contributed by atoms with Gasteiger partial charge in [-0.25, -0.2) is 0 Å². The van der Waals surface area contributed by atoms with Crippen LogP contribution < -0.4 is 4.74 Å². The zero-order valence-corrected chi connectivity index (χ0v) is 15.5. The third-order valence-electron chi connectivity index (χ3n) is 3.72. The topological polar surface area (TPSA) is 41.9 Å². The summed E-state index contributed by atoms with van der Waals surface area (Å²) in [6.45, 7) is 3.80. The Labute approximate surface area is 156 Å². The number of carbonyl (C=O) groups is 1. The summed E-state index contributed by atoms with van der Waals surface area (Å²) in [5, 5.41) is 1.48. The van der Waals surface area contributed by atoms with E-state index in [1.807, 2.05) is 43.3 Å². The first-order valence-corrected chi connectivity index (χ1v) is 9.50. The summed E-state index contributed by atoms with van der Waals surface area (Å²) in [6, 6.07) is 15.0. The molecule has 1 aliphatic rings. The zero-order chi connectivity index (χ0) is 17.6. The molecule has 0 unspecified atom stereocenters. The van der Waals surface area contributed by atoms with Gasteiger partial charge in [-0.15, -0.1) is 0 Å². The maximum Gasteiger partial charge on any atom is 0.259 e. The van der Waals surface area contributed by atoms with Gasteiger partial charge in [0, 0.05) is 22.9 Å². The maximum atomic E-state index is 12.8. The van der Waals surface area contributed by atoms with Crippen LogP contribution in [-0.4, -0.2) is 35.7 Å². The highest BCUT2D eigenvalue weighted by atomic mass is 35.5. The molecule has 0 bridgehead atoms. The molecule has 0 saturated carbocycles. The highest BCUT2D eigenvalue weighted by Crippen LogP contribution is 2.23. The van der Waals surface area contributed by atoms with Crippen LogP contribution in [0.1, 0.15) is 22.8 Å². The minimum Gasteiger partial charge on any atom is -0.494 e. The molecule has 1 aliphatic heterocycles. The van der Waals surface area contributed by atoms with Crippen molar-refractivity contribution in [2.75, 3.05) is 19.7 Å². The number of amidine groups is 1. The lowest BCUT2D eigenvalue weighted by atomic mass is 10.2. The average molecular weight is 375 g/mol. The summed E-state index contributed by atoms with van der Waals surface area (Å²) in [5.41, 5.74) is 1.75. The molecule has 3 rings (SSSR count).